The maximum atomic E-state index is 7.50. The molecule has 168 valence electrons. The van der Waals surface area contributed by atoms with Crippen LogP contribution in [0.15, 0.2) is 0 Å². The minimum atomic E-state index is 0. The van der Waals surface area contributed by atoms with Crippen LogP contribution in [0.1, 0.15) is 55.4 Å². The largest absolute Gasteiger partial charge is 0 e. The Morgan fingerprint density at radius 3 is 0.414 bits per heavy atom. The number of hydrogen-bond acceptors (Lipinski definition) is 0. The Balaban J connectivity index is -0.0000000345. The Labute approximate surface area is 194 Å². The fraction of sp³-hybridized carbons (Fsp3) is 0.762. The maximum Gasteiger partial charge on any atom is 0 e. The molecule has 0 N–H and O–H groups in total. The fourth-order valence-electron chi connectivity index (χ4n) is 2.68. The molecule has 0 bridgehead atoms. The molecule has 0 spiro atoms. The van der Waals surface area contributed by atoms with E-state index in [4.69, 9.17) is 23.3 Å². The molecule has 0 aromatic heterocycles. The molecular weight excluding hydrogens is 544 g/mol. The first-order chi connectivity index (χ1) is 13.5. The SMILES string of the molecule is CC[N+](CC)(CC)CC.CC[N+](CC)(CC)CC.[C-]#[O+].[C-]#[O+].[C-]#[O+].[C-]#[O+].[C-]#[O+].[W]. The van der Waals surface area contributed by atoms with E-state index in [2.05, 4.69) is 88.6 Å². The summed E-state index contributed by atoms with van der Waals surface area (Å²) in [6.07, 6.45) is 0. The summed E-state index contributed by atoms with van der Waals surface area (Å²) in [4.78, 5) is 0. The zero-order chi connectivity index (χ0) is 24.7. The van der Waals surface area contributed by atoms with E-state index in [1.165, 1.54) is 61.3 Å². The topological polar surface area (TPSA) is 99.5 Å². The molecule has 7 nitrogen and oxygen atoms in total. The van der Waals surface area contributed by atoms with E-state index in [1.54, 1.807) is 0 Å². The van der Waals surface area contributed by atoms with Crippen LogP contribution in [0.2, 0.25) is 0 Å². The van der Waals surface area contributed by atoms with Gasteiger partial charge in [0.1, 0.15) is 0 Å². The van der Waals surface area contributed by atoms with Gasteiger partial charge in [-0.25, -0.2) is 0 Å². The van der Waals surface area contributed by atoms with Crippen LogP contribution in [-0.4, -0.2) is 61.3 Å². The summed E-state index contributed by atoms with van der Waals surface area (Å²) >= 11 is 0. The van der Waals surface area contributed by atoms with Crippen molar-refractivity contribution >= 4 is 0 Å². The van der Waals surface area contributed by atoms with Gasteiger partial charge in [0.15, 0.2) is 0 Å². The van der Waals surface area contributed by atoms with Crippen molar-refractivity contribution in [2.24, 2.45) is 0 Å². The van der Waals surface area contributed by atoms with Gasteiger partial charge in [-0.05, 0) is 55.4 Å². The summed E-state index contributed by atoms with van der Waals surface area (Å²) < 4.78 is 40.1. The van der Waals surface area contributed by atoms with Gasteiger partial charge < -0.3 is 8.97 Å². The second-order valence-corrected chi connectivity index (χ2v) is 5.21. The van der Waals surface area contributed by atoms with Crippen molar-refractivity contribution in [3.05, 3.63) is 33.3 Å². The molecule has 0 heterocycles. The Morgan fingerprint density at radius 1 is 0.345 bits per heavy atom. The number of quaternary nitrogens is 2. The predicted octanol–water partition coefficient (Wildman–Crippen LogP) is 3.58. The Morgan fingerprint density at radius 2 is 0.414 bits per heavy atom. The molecule has 0 rings (SSSR count). The summed E-state index contributed by atoms with van der Waals surface area (Å²) in [7, 11) is 0. The molecule has 0 fully saturated rings. The van der Waals surface area contributed by atoms with E-state index in [0.717, 1.165) is 0 Å². The molecule has 0 unspecified atom stereocenters. The molecule has 0 aliphatic heterocycles. The number of nitrogens with zero attached hydrogens (tertiary/aromatic N) is 2. The van der Waals surface area contributed by atoms with Gasteiger partial charge in [0.05, 0.1) is 52.4 Å². The van der Waals surface area contributed by atoms with Gasteiger partial charge in [-0.2, -0.15) is 0 Å². The van der Waals surface area contributed by atoms with Crippen molar-refractivity contribution < 1.29 is 53.3 Å². The molecule has 29 heavy (non-hydrogen) atoms. The molecule has 0 atom stereocenters. The van der Waals surface area contributed by atoms with Crippen LogP contribution in [0, 0.1) is 33.3 Å². The van der Waals surface area contributed by atoms with Crippen LogP contribution >= 0.6 is 0 Å². The normalized spacial score (nSPS) is 7.79. The summed E-state index contributed by atoms with van der Waals surface area (Å²) in [6, 6.07) is 0. The van der Waals surface area contributed by atoms with Gasteiger partial charge in [-0.3, -0.25) is 0 Å². The van der Waals surface area contributed by atoms with Gasteiger partial charge >= 0.3 is 56.5 Å². The monoisotopic (exact) mass is 584 g/mol. The van der Waals surface area contributed by atoms with Crippen LogP contribution in [0.5, 0.6) is 0 Å². The first-order valence-corrected chi connectivity index (χ1v) is 9.21. The van der Waals surface area contributed by atoms with E-state index in [0.29, 0.717) is 0 Å². The van der Waals surface area contributed by atoms with E-state index < -0.39 is 0 Å². The molecule has 0 saturated carbocycles. The van der Waals surface area contributed by atoms with Crippen molar-refractivity contribution in [2.75, 3.05) is 52.4 Å². The molecule has 0 radical (unpaired) electrons. The first kappa shape index (κ1) is 51.2. The van der Waals surface area contributed by atoms with Crippen LogP contribution in [0.25, 0.3) is 0 Å². The third-order valence-electron chi connectivity index (χ3n) is 5.37. The van der Waals surface area contributed by atoms with Gasteiger partial charge in [-0.15, -0.1) is 0 Å². The van der Waals surface area contributed by atoms with E-state index >= 15 is 0 Å². The van der Waals surface area contributed by atoms with E-state index in [-0.39, 0.29) is 21.1 Å². The number of rotatable bonds is 8. The molecule has 0 saturated heterocycles. The van der Waals surface area contributed by atoms with Crippen LogP contribution in [0.3, 0.4) is 0 Å². The average molecular weight is 584 g/mol. The van der Waals surface area contributed by atoms with Crippen molar-refractivity contribution in [3.63, 3.8) is 0 Å². The quantitative estimate of drug-likeness (QED) is 0.237. The second-order valence-electron chi connectivity index (χ2n) is 5.21. The minimum absolute atomic E-state index is 0. The van der Waals surface area contributed by atoms with Crippen LogP contribution in [-0.2, 0) is 44.3 Å². The smallest absolute Gasteiger partial charge is 0 e. The van der Waals surface area contributed by atoms with Crippen LogP contribution < -0.4 is 0 Å². The Hall–Kier alpha value is -0.692. The van der Waals surface area contributed by atoms with Gasteiger partial charge in [0, 0.05) is 21.1 Å². The van der Waals surface area contributed by atoms with Crippen molar-refractivity contribution in [1.29, 1.82) is 0 Å². The zero-order valence-corrected chi connectivity index (χ0v) is 22.4. The molecule has 0 aromatic carbocycles. The standard InChI is InChI=1S/2C8H20N.5CO.W/c2*1-5-9(6-2,7-3)8-4;5*1-2;/h2*5-8H2,1-4H3;;;;;;/q2*+1;;;;;;. The third-order valence-corrected chi connectivity index (χ3v) is 5.37. The predicted molar refractivity (Wildman–Crippen MR) is 104 cm³/mol. The van der Waals surface area contributed by atoms with Gasteiger partial charge in [0.2, 0.25) is 0 Å². The molecule has 0 aliphatic rings. The Bertz CT molecular complexity index is 268. The summed E-state index contributed by atoms with van der Waals surface area (Å²) in [5.74, 6) is 0. The summed E-state index contributed by atoms with van der Waals surface area (Å²) in [5, 5.41) is 0. The third kappa shape index (κ3) is 32.2. The van der Waals surface area contributed by atoms with Crippen LogP contribution in [0.4, 0.5) is 0 Å². The summed E-state index contributed by atoms with van der Waals surface area (Å²) in [6.45, 7) is 50.9. The van der Waals surface area contributed by atoms with Gasteiger partial charge in [0.25, 0.3) is 0 Å². The molecule has 0 aliphatic carbocycles. The Kier molecular flexibility index (Phi) is 89.5. The average Bonchev–Trinajstić information content (AvgIpc) is 2.85. The molecule has 8 heteroatoms. The number of hydrogen-bond donors (Lipinski definition) is 0. The van der Waals surface area contributed by atoms with Gasteiger partial charge in [-0.1, -0.05) is 0 Å². The molecule has 0 amide bonds. The van der Waals surface area contributed by atoms with E-state index in [1.807, 2.05) is 0 Å². The first-order valence-electron chi connectivity index (χ1n) is 9.21. The molecule has 0 aromatic rings. The zero-order valence-electron chi connectivity index (χ0n) is 19.5. The fourth-order valence-corrected chi connectivity index (χ4v) is 2.68. The minimum Gasteiger partial charge on any atom is 0 e. The van der Waals surface area contributed by atoms with Crippen molar-refractivity contribution in [1.82, 2.24) is 0 Å². The summed E-state index contributed by atoms with van der Waals surface area (Å²) in [5.41, 5.74) is 0. The maximum absolute atomic E-state index is 7.50. The van der Waals surface area contributed by atoms with Crippen molar-refractivity contribution in [3.8, 4) is 0 Å². The van der Waals surface area contributed by atoms with E-state index in [9.17, 15) is 0 Å². The second kappa shape index (κ2) is 50.7. The molecular formula is C21H40N2O5W+2. The van der Waals surface area contributed by atoms with Crippen molar-refractivity contribution in [2.45, 2.75) is 55.4 Å².